The highest BCUT2D eigenvalue weighted by Gasteiger charge is 2.22. The normalized spacial score (nSPS) is 11.6. The Bertz CT molecular complexity index is 385. The van der Waals surface area contributed by atoms with Crippen molar-refractivity contribution in [1.29, 1.82) is 0 Å². The van der Waals surface area contributed by atoms with Crippen LogP contribution in [0.5, 0.6) is 0 Å². The third-order valence-electron chi connectivity index (χ3n) is 2.30. The fourth-order valence-electron chi connectivity index (χ4n) is 1.45. The quantitative estimate of drug-likeness (QED) is 0.844. The number of carbonyl (C=O) groups is 1. The maximum atomic E-state index is 11.9. The van der Waals surface area contributed by atoms with E-state index in [1.165, 1.54) is 11.3 Å². The van der Waals surface area contributed by atoms with Crippen LogP contribution in [-0.2, 0) is 0 Å². The number of amides is 1. The molecule has 0 saturated carbocycles. The third kappa shape index (κ3) is 3.28. The molecule has 0 aliphatic heterocycles. The van der Waals surface area contributed by atoms with Crippen LogP contribution in [-0.4, -0.2) is 28.1 Å². The number of hydrogen-bond acceptors (Lipinski definition) is 4. The lowest BCUT2D eigenvalue weighted by atomic mass is 10.0. The molecule has 0 saturated heterocycles. The first-order valence-corrected chi connectivity index (χ1v) is 6.05. The molecule has 90 valence electrons. The third-order valence-corrected chi connectivity index (χ3v) is 3.37. The van der Waals surface area contributed by atoms with Crippen molar-refractivity contribution < 1.29 is 9.90 Å². The maximum absolute atomic E-state index is 11.9. The average Bonchev–Trinajstić information content (AvgIpc) is 2.44. The molecule has 0 unspecified atom stereocenters. The van der Waals surface area contributed by atoms with E-state index >= 15 is 0 Å². The van der Waals surface area contributed by atoms with E-state index in [4.69, 9.17) is 5.11 Å². The molecule has 1 rings (SSSR count). The zero-order valence-corrected chi connectivity index (χ0v) is 10.9. The predicted molar refractivity (Wildman–Crippen MR) is 64.8 cm³/mol. The Morgan fingerprint density at radius 1 is 1.50 bits per heavy atom. The highest BCUT2D eigenvalue weighted by Crippen LogP contribution is 2.18. The molecular formula is C11H18N2O2S. The number of thiazole rings is 1. The number of rotatable bonds is 4. The van der Waals surface area contributed by atoms with Gasteiger partial charge in [0.2, 0.25) is 0 Å². The Labute approximate surface area is 99.7 Å². The van der Waals surface area contributed by atoms with Crippen molar-refractivity contribution in [3.05, 3.63) is 15.6 Å². The molecule has 0 aliphatic rings. The van der Waals surface area contributed by atoms with Crippen molar-refractivity contribution in [3.8, 4) is 0 Å². The zero-order valence-electron chi connectivity index (χ0n) is 10.1. The molecule has 1 heterocycles. The summed E-state index contributed by atoms with van der Waals surface area (Å²) in [6.07, 6.45) is 0.537. The van der Waals surface area contributed by atoms with Gasteiger partial charge >= 0.3 is 0 Å². The summed E-state index contributed by atoms with van der Waals surface area (Å²) in [7, 11) is 0. The first-order chi connectivity index (χ1) is 7.35. The lowest BCUT2D eigenvalue weighted by Crippen LogP contribution is -2.43. The molecule has 1 aromatic heterocycles. The zero-order chi connectivity index (χ0) is 12.3. The van der Waals surface area contributed by atoms with Gasteiger partial charge in [0.25, 0.3) is 5.91 Å². The van der Waals surface area contributed by atoms with Crippen LogP contribution in [0, 0.1) is 13.8 Å². The van der Waals surface area contributed by atoms with Crippen LogP contribution in [0.2, 0.25) is 0 Å². The predicted octanol–water partition coefficient (Wildman–Crippen LogP) is 1.65. The van der Waals surface area contributed by atoms with Gasteiger partial charge in [-0.2, -0.15) is 0 Å². The number of carbonyl (C=O) groups excluding carboxylic acids is 1. The van der Waals surface area contributed by atoms with E-state index in [-0.39, 0.29) is 12.5 Å². The van der Waals surface area contributed by atoms with Crippen molar-refractivity contribution in [2.24, 2.45) is 0 Å². The second-order valence-electron chi connectivity index (χ2n) is 4.46. The van der Waals surface area contributed by atoms with Crippen molar-refractivity contribution in [3.63, 3.8) is 0 Å². The number of aryl methyl sites for hydroxylation is 2. The summed E-state index contributed by atoms with van der Waals surface area (Å²) in [6.45, 7) is 7.56. The molecule has 1 amide bonds. The van der Waals surface area contributed by atoms with Crippen LogP contribution in [0.4, 0.5) is 0 Å². The van der Waals surface area contributed by atoms with E-state index in [1.54, 1.807) is 0 Å². The largest absolute Gasteiger partial charge is 0.396 e. The molecule has 0 atom stereocenters. The molecule has 2 N–H and O–H groups in total. The summed E-state index contributed by atoms with van der Waals surface area (Å²) in [5.41, 5.74) is 0.371. The van der Waals surface area contributed by atoms with Gasteiger partial charge in [-0.1, -0.05) is 0 Å². The summed E-state index contributed by atoms with van der Waals surface area (Å²) in [4.78, 5) is 16.8. The van der Waals surface area contributed by atoms with Crippen LogP contribution in [0.1, 0.15) is 40.6 Å². The van der Waals surface area contributed by atoms with Crippen LogP contribution in [0.15, 0.2) is 0 Å². The summed E-state index contributed by atoms with van der Waals surface area (Å²) >= 11 is 1.40. The first kappa shape index (κ1) is 13.1. The van der Waals surface area contributed by atoms with Crippen molar-refractivity contribution in [2.75, 3.05) is 6.61 Å². The van der Waals surface area contributed by atoms with Crippen LogP contribution >= 0.6 is 11.3 Å². The summed E-state index contributed by atoms with van der Waals surface area (Å²) in [6, 6.07) is 0. The van der Waals surface area contributed by atoms with Crippen molar-refractivity contribution in [1.82, 2.24) is 10.3 Å². The Morgan fingerprint density at radius 3 is 2.56 bits per heavy atom. The topological polar surface area (TPSA) is 62.2 Å². The number of nitrogens with zero attached hydrogens (tertiary/aromatic N) is 1. The summed E-state index contributed by atoms with van der Waals surface area (Å²) < 4.78 is 0. The number of hydrogen-bond donors (Lipinski definition) is 2. The van der Waals surface area contributed by atoms with Gasteiger partial charge < -0.3 is 10.4 Å². The summed E-state index contributed by atoms with van der Waals surface area (Å²) in [5.74, 6) is -0.110. The first-order valence-electron chi connectivity index (χ1n) is 5.23. The van der Waals surface area contributed by atoms with Gasteiger partial charge in [0.15, 0.2) is 0 Å². The van der Waals surface area contributed by atoms with E-state index in [1.807, 2.05) is 27.7 Å². The average molecular weight is 242 g/mol. The minimum atomic E-state index is -0.393. The fraction of sp³-hybridized carbons (Fsp3) is 0.636. The van der Waals surface area contributed by atoms with Gasteiger partial charge in [-0.15, -0.1) is 11.3 Å². The Hall–Kier alpha value is -0.940. The minimum absolute atomic E-state index is 0.0635. The van der Waals surface area contributed by atoms with Crippen LogP contribution in [0.25, 0.3) is 0 Å². The molecule has 0 radical (unpaired) electrons. The second kappa shape index (κ2) is 4.93. The van der Waals surface area contributed by atoms with E-state index in [9.17, 15) is 4.79 Å². The number of aromatic nitrogens is 1. The van der Waals surface area contributed by atoms with Crippen molar-refractivity contribution >= 4 is 17.2 Å². The molecular weight excluding hydrogens is 224 g/mol. The summed E-state index contributed by atoms with van der Waals surface area (Å²) in [5, 5.41) is 12.7. The molecule has 0 spiro atoms. The molecule has 16 heavy (non-hydrogen) atoms. The maximum Gasteiger partial charge on any atom is 0.263 e. The second-order valence-corrected chi connectivity index (χ2v) is 5.66. The Balaban J connectivity index is 2.76. The Kier molecular flexibility index (Phi) is 4.04. The lowest BCUT2D eigenvalue weighted by Gasteiger charge is -2.25. The highest BCUT2D eigenvalue weighted by atomic mass is 32.1. The lowest BCUT2D eigenvalue weighted by molar-refractivity contribution is 0.0903. The number of aliphatic hydroxyl groups excluding tert-OH is 1. The molecule has 0 aliphatic carbocycles. The van der Waals surface area contributed by atoms with Gasteiger partial charge in [-0.25, -0.2) is 4.98 Å². The van der Waals surface area contributed by atoms with Gasteiger partial charge in [-0.3, -0.25) is 4.79 Å². The van der Waals surface area contributed by atoms with Crippen molar-refractivity contribution in [2.45, 2.75) is 39.7 Å². The Morgan fingerprint density at radius 2 is 2.12 bits per heavy atom. The molecule has 0 fully saturated rings. The smallest absolute Gasteiger partial charge is 0.263 e. The monoisotopic (exact) mass is 242 g/mol. The minimum Gasteiger partial charge on any atom is -0.396 e. The molecule has 4 nitrogen and oxygen atoms in total. The highest BCUT2D eigenvalue weighted by molar-refractivity contribution is 7.13. The molecule has 5 heteroatoms. The number of nitrogens with one attached hydrogen (secondary N) is 1. The van der Waals surface area contributed by atoms with Gasteiger partial charge in [0, 0.05) is 12.1 Å². The van der Waals surface area contributed by atoms with E-state index in [0.717, 1.165) is 10.7 Å². The molecule has 0 bridgehead atoms. The SMILES string of the molecule is Cc1nc(C)c(C(=O)NC(C)(C)CCO)s1. The molecule has 1 aromatic rings. The van der Waals surface area contributed by atoms with E-state index in [2.05, 4.69) is 10.3 Å². The molecule has 0 aromatic carbocycles. The van der Waals surface area contributed by atoms with Gasteiger partial charge in [0.1, 0.15) is 4.88 Å². The fourth-order valence-corrected chi connectivity index (χ4v) is 2.26. The number of aliphatic hydroxyl groups is 1. The van der Waals surface area contributed by atoms with Gasteiger partial charge in [0.05, 0.1) is 10.7 Å². The van der Waals surface area contributed by atoms with Crippen LogP contribution < -0.4 is 5.32 Å². The van der Waals surface area contributed by atoms with Crippen LogP contribution in [0.3, 0.4) is 0 Å². The van der Waals surface area contributed by atoms with Gasteiger partial charge in [-0.05, 0) is 34.1 Å². The standard InChI is InChI=1S/C11H18N2O2S/c1-7-9(16-8(2)12-7)10(15)13-11(3,4)5-6-14/h14H,5-6H2,1-4H3,(H,13,15). The van der Waals surface area contributed by atoms with E-state index in [0.29, 0.717) is 11.3 Å². The van der Waals surface area contributed by atoms with E-state index < -0.39 is 5.54 Å².